The molecule has 0 spiro atoms. The number of aryl methyl sites for hydroxylation is 2. The fraction of sp³-hybridized carbons (Fsp3) is 0.462. The fourth-order valence-corrected chi connectivity index (χ4v) is 4.32. The largest absolute Gasteiger partial charge is 0.497 e. The molecule has 35 heavy (non-hydrogen) atoms. The minimum Gasteiger partial charge on any atom is -0.497 e. The second-order valence-corrected chi connectivity index (χ2v) is 11.7. The first-order valence-electron chi connectivity index (χ1n) is 11.4. The molecule has 2 aromatic rings. The van der Waals surface area contributed by atoms with Crippen molar-refractivity contribution >= 4 is 27.5 Å². The summed E-state index contributed by atoms with van der Waals surface area (Å²) in [6, 6.07) is 11.6. The summed E-state index contributed by atoms with van der Waals surface area (Å²) in [5.74, 6) is -0.138. The minimum atomic E-state index is -3.76. The van der Waals surface area contributed by atoms with Gasteiger partial charge in [-0.15, -0.1) is 0 Å². The van der Waals surface area contributed by atoms with Crippen molar-refractivity contribution in [3.8, 4) is 5.75 Å². The van der Waals surface area contributed by atoms with Crippen molar-refractivity contribution in [1.29, 1.82) is 0 Å². The van der Waals surface area contributed by atoms with Crippen LogP contribution in [-0.2, 0) is 26.2 Å². The second-order valence-electron chi connectivity index (χ2n) is 9.82. The lowest BCUT2D eigenvalue weighted by Crippen LogP contribution is -2.54. The van der Waals surface area contributed by atoms with Gasteiger partial charge in [0.25, 0.3) is 0 Å². The van der Waals surface area contributed by atoms with Crippen molar-refractivity contribution in [3.63, 3.8) is 0 Å². The smallest absolute Gasteiger partial charge is 0.244 e. The number of ether oxygens (including phenoxy) is 1. The first-order chi connectivity index (χ1) is 16.1. The molecule has 0 saturated carbocycles. The van der Waals surface area contributed by atoms with Crippen molar-refractivity contribution in [2.75, 3.05) is 24.2 Å². The number of hydrogen-bond donors (Lipinski definition) is 1. The summed E-state index contributed by atoms with van der Waals surface area (Å²) in [6.45, 7) is 10.7. The number of methoxy groups -OCH3 is 1. The number of sulfonamides is 1. The van der Waals surface area contributed by atoms with E-state index in [9.17, 15) is 18.0 Å². The Hall–Kier alpha value is -3.07. The number of anilines is 1. The third-order valence-electron chi connectivity index (χ3n) is 5.64. The number of nitrogens with one attached hydrogen (secondary N) is 1. The second kappa shape index (κ2) is 11.1. The standard InChI is InChI=1S/C26H37N3O5S/c1-18-9-12-22(15-19(18)2)29(35(8,32)33)17-24(30)28(20(3)25(31)27-26(4,5)6)16-21-10-13-23(34-7)14-11-21/h9-15,20H,16-17H2,1-8H3,(H,27,31)/t20-/m1/s1. The van der Waals surface area contributed by atoms with E-state index in [1.807, 2.05) is 52.8 Å². The molecule has 2 aromatic carbocycles. The van der Waals surface area contributed by atoms with Crippen molar-refractivity contribution in [2.24, 2.45) is 0 Å². The van der Waals surface area contributed by atoms with Gasteiger partial charge < -0.3 is 15.0 Å². The van der Waals surface area contributed by atoms with E-state index < -0.39 is 34.1 Å². The summed E-state index contributed by atoms with van der Waals surface area (Å²) in [6.07, 6.45) is 1.07. The average molecular weight is 504 g/mol. The number of nitrogens with zero attached hydrogens (tertiary/aromatic N) is 2. The Morgan fingerprint density at radius 3 is 2.11 bits per heavy atom. The molecule has 0 bridgehead atoms. The van der Waals surface area contributed by atoms with E-state index in [1.165, 1.54) is 4.90 Å². The summed E-state index contributed by atoms with van der Waals surface area (Å²) < 4.78 is 31.6. The quantitative estimate of drug-likeness (QED) is 0.566. The highest BCUT2D eigenvalue weighted by atomic mass is 32.2. The molecule has 0 radical (unpaired) electrons. The van der Waals surface area contributed by atoms with Gasteiger partial charge in [-0.25, -0.2) is 8.42 Å². The van der Waals surface area contributed by atoms with Crippen LogP contribution < -0.4 is 14.4 Å². The number of benzene rings is 2. The molecular weight excluding hydrogens is 466 g/mol. The summed E-state index contributed by atoms with van der Waals surface area (Å²) >= 11 is 0. The Morgan fingerprint density at radius 1 is 1.03 bits per heavy atom. The molecule has 1 N–H and O–H groups in total. The zero-order valence-corrected chi connectivity index (χ0v) is 22.7. The van der Waals surface area contributed by atoms with Crippen molar-refractivity contribution < 1.29 is 22.7 Å². The summed E-state index contributed by atoms with van der Waals surface area (Å²) in [4.78, 5) is 28.0. The van der Waals surface area contributed by atoms with Crippen LogP contribution in [0.25, 0.3) is 0 Å². The zero-order chi connectivity index (χ0) is 26.6. The van der Waals surface area contributed by atoms with E-state index in [1.54, 1.807) is 38.3 Å². The number of amides is 2. The van der Waals surface area contributed by atoms with Crippen LogP contribution in [0.1, 0.15) is 44.4 Å². The van der Waals surface area contributed by atoms with Crippen LogP contribution in [0.15, 0.2) is 42.5 Å². The summed E-state index contributed by atoms with van der Waals surface area (Å²) in [7, 11) is -2.20. The first kappa shape index (κ1) is 28.2. The zero-order valence-electron chi connectivity index (χ0n) is 21.9. The lowest BCUT2D eigenvalue weighted by Gasteiger charge is -2.33. The Morgan fingerprint density at radius 2 is 1.63 bits per heavy atom. The maximum Gasteiger partial charge on any atom is 0.244 e. The molecule has 0 heterocycles. The van der Waals surface area contributed by atoms with Gasteiger partial charge in [0.15, 0.2) is 0 Å². The highest BCUT2D eigenvalue weighted by Crippen LogP contribution is 2.22. The van der Waals surface area contributed by atoms with Gasteiger partial charge in [0, 0.05) is 12.1 Å². The van der Waals surface area contributed by atoms with Gasteiger partial charge in [-0.3, -0.25) is 13.9 Å². The van der Waals surface area contributed by atoms with E-state index in [-0.39, 0.29) is 12.5 Å². The highest BCUT2D eigenvalue weighted by Gasteiger charge is 2.31. The average Bonchev–Trinajstić information content (AvgIpc) is 2.75. The Bertz CT molecular complexity index is 1150. The van der Waals surface area contributed by atoms with E-state index >= 15 is 0 Å². The van der Waals surface area contributed by atoms with Gasteiger partial charge in [-0.1, -0.05) is 18.2 Å². The number of carbonyl (C=O) groups is 2. The van der Waals surface area contributed by atoms with Crippen molar-refractivity contribution in [3.05, 3.63) is 59.2 Å². The van der Waals surface area contributed by atoms with Crippen LogP contribution in [0.4, 0.5) is 5.69 Å². The number of carbonyl (C=O) groups excluding carboxylic acids is 2. The van der Waals surface area contributed by atoms with Gasteiger partial charge >= 0.3 is 0 Å². The molecule has 192 valence electrons. The number of rotatable bonds is 9. The van der Waals surface area contributed by atoms with Gasteiger partial charge in [-0.2, -0.15) is 0 Å². The van der Waals surface area contributed by atoms with Crippen LogP contribution in [0.3, 0.4) is 0 Å². The SMILES string of the molecule is COc1ccc(CN(C(=O)CN(c2ccc(C)c(C)c2)S(C)(=O)=O)[C@H](C)C(=O)NC(C)(C)C)cc1. The van der Waals surface area contributed by atoms with Crippen LogP contribution >= 0.6 is 0 Å². The Labute approximate surface area is 209 Å². The molecule has 0 saturated heterocycles. The van der Waals surface area contributed by atoms with Gasteiger partial charge in [0.1, 0.15) is 18.3 Å². The van der Waals surface area contributed by atoms with E-state index in [0.29, 0.717) is 11.4 Å². The van der Waals surface area contributed by atoms with Gasteiger partial charge in [-0.05, 0) is 82.5 Å². The summed E-state index contributed by atoms with van der Waals surface area (Å²) in [5.41, 5.74) is 2.63. The fourth-order valence-electron chi connectivity index (χ4n) is 3.48. The molecule has 0 aliphatic carbocycles. The third kappa shape index (κ3) is 7.99. The van der Waals surface area contributed by atoms with Crippen LogP contribution in [0, 0.1) is 13.8 Å². The molecule has 2 rings (SSSR count). The van der Waals surface area contributed by atoms with Crippen LogP contribution in [-0.4, -0.2) is 56.6 Å². The molecule has 9 heteroatoms. The molecule has 1 atom stereocenters. The summed E-state index contributed by atoms with van der Waals surface area (Å²) in [5, 5.41) is 2.90. The van der Waals surface area contributed by atoms with Crippen LogP contribution in [0.5, 0.6) is 5.75 Å². The van der Waals surface area contributed by atoms with E-state index in [2.05, 4.69) is 5.32 Å². The maximum atomic E-state index is 13.6. The maximum absolute atomic E-state index is 13.6. The lowest BCUT2D eigenvalue weighted by atomic mass is 10.1. The molecule has 0 aliphatic rings. The van der Waals surface area contributed by atoms with Crippen molar-refractivity contribution in [1.82, 2.24) is 10.2 Å². The lowest BCUT2D eigenvalue weighted by molar-refractivity contribution is -0.140. The molecular formula is C26H37N3O5S. The van der Waals surface area contributed by atoms with Gasteiger partial charge in [0.2, 0.25) is 21.8 Å². The minimum absolute atomic E-state index is 0.131. The Balaban J connectivity index is 2.42. The first-order valence-corrected chi connectivity index (χ1v) is 13.3. The monoisotopic (exact) mass is 503 g/mol. The molecule has 0 fully saturated rings. The van der Waals surface area contributed by atoms with Gasteiger partial charge in [0.05, 0.1) is 19.1 Å². The van der Waals surface area contributed by atoms with E-state index in [4.69, 9.17) is 4.74 Å². The normalized spacial score (nSPS) is 12.6. The highest BCUT2D eigenvalue weighted by molar-refractivity contribution is 7.92. The number of hydrogen-bond acceptors (Lipinski definition) is 5. The van der Waals surface area contributed by atoms with Crippen molar-refractivity contribution in [2.45, 2.75) is 59.7 Å². The van der Waals surface area contributed by atoms with E-state index in [0.717, 1.165) is 27.3 Å². The molecule has 8 nitrogen and oxygen atoms in total. The van der Waals surface area contributed by atoms with Crippen LogP contribution in [0.2, 0.25) is 0 Å². The predicted octanol–water partition coefficient (Wildman–Crippen LogP) is 3.41. The third-order valence-corrected chi connectivity index (χ3v) is 6.78. The molecule has 0 aliphatic heterocycles. The predicted molar refractivity (Wildman–Crippen MR) is 139 cm³/mol. The topological polar surface area (TPSA) is 96.0 Å². The molecule has 0 aromatic heterocycles. The Kier molecular flexibility index (Phi) is 8.94. The molecule has 0 unspecified atom stereocenters. The molecule has 2 amide bonds.